The molecule has 18 heavy (non-hydrogen) atoms. The molecule has 4 unspecified atom stereocenters. The normalized spacial score (nSPS) is 38.8. The zero-order chi connectivity index (χ0) is 13.0. The fraction of sp³-hybridized carbons (Fsp3) is 1.00. The fourth-order valence-corrected chi connectivity index (χ4v) is 3.65. The molecule has 1 heterocycles. The van der Waals surface area contributed by atoms with Crippen molar-refractivity contribution < 1.29 is 4.74 Å². The molecular weight excluding hydrogens is 224 g/mol. The van der Waals surface area contributed by atoms with Gasteiger partial charge in [0, 0.05) is 25.2 Å². The SMILES string of the molecule is CCNC1CCC(CC)CC1N1CCOC(C)C1. The van der Waals surface area contributed by atoms with E-state index in [1.807, 2.05) is 0 Å². The van der Waals surface area contributed by atoms with Crippen LogP contribution in [0.4, 0.5) is 0 Å². The number of likely N-dealkylation sites (N-methyl/N-ethyl adjacent to an activating group) is 1. The Morgan fingerprint density at radius 1 is 1.28 bits per heavy atom. The van der Waals surface area contributed by atoms with Crippen LogP contribution in [0.2, 0.25) is 0 Å². The predicted octanol–water partition coefficient (Wildman–Crippen LogP) is 2.26. The molecule has 1 saturated heterocycles. The molecule has 0 radical (unpaired) electrons. The number of nitrogens with one attached hydrogen (secondary N) is 1. The third-order valence-electron chi connectivity index (χ3n) is 4.71. The van der Waals surface area contributed by atoms with E-state index in [9.17, 15) is 0 Å². The van der Waals surface area contributed by atoms with Gasteiger partial charge < -0.3 is 10.1 Å². The summed E-state index contributed by atoms with van der Waals surface area (Å²) < 4.78 is 5.69. The molecule has 0 aromatic heterocycles. The third-order valence-corrected chi connectivity index (χ3v) is 4.71. The second-order valence-corrected chi connectivity index (χ2v) is 6.00. The number of morpholine rings is 1. The van der Waals surface area contributed by atoms with Crippen LogP contribution in [0.25, 0.3) is 0 Å². The maximum atomic E-state index is 5.69. The van der Waals surface area contributed by atoms with E-state index in [1.54, 1.807) is 0 Å². The van der Waals surface area contributed by atoms with Crippen LogP contribution in [0.15, 0.2) is 0 Å². The van der Waals surface area contributed by atoms with E-state index >= 15 is 0 Å². The van der Waals surface area contributed by atoms with Crippen LogP contribution >= 0.6 is 0 Å². The average molecular weight is 254 g/mol. The maximum absolute atomic E-state index is 5.69. The summed E-state index contributed by atoms with van der Waals surface area (Å²) >= 11 is 0. The Bertz CT molecular complexity index is 247. The van der Waals surface area contributed by atoms with Gasteiger partial charge in [-0.25, -0.2) is 0 Å². The van der Waals surface area contributed by atoms with Crippen LogP contribution in [0.1, 0.15) is 46.5 Å². The van der Waals surface area contributed by atoms with Crippen LogP contribution in [-0.2, 0) is 4.74 Å². The quantitative estimate of drug-likeness (QED) is 0.833. The monoisotopic (exact) mass is 254 g/mol. The summed E-state index contributed by atoms with van der Waals surface area (Å²) in [7, 11) is 0. The minimum atomic E-state index is 0.406. The van der Waals surface area contributed by atoms with Crippen molar-refractivity contribution in [1.29, 1.82) is 0 Å². The van der Waals surface area contributed by atoms with E-state index in [1.165, 1.54) is 25.7 Å². The van der Waals surface area contributed by atoms with Gasteiger partial charge in [-0.3, -0.25) is 4.90 Å². The molecule has 0 spiro atoms. The third kappa shape index (κ3) is 3.46. The lowest BCUT2D eigenvalue weighted by atomic mass is 9.80. The highest BCUT2D eigenvalue weighted by Gasteiger charge is 2.34. The Balaban J connectivity index is 1.98. The second-order valence-electron chi connectivity index (χ2n) is 6.00. The van der Waals surface area contributed by atoms with Crippen LogP contribution in [0.5, 0.6) is 0 Å². The molecule has 2 aliphatic rings. The summed E-state index contributed by atoms with van der Waals surface area (Å²) in [6, 6.07) is 1.43. The molecular formula is C15H30N2O. The number of rotatable bonds is 4. The van der Waals surface area contributed by atoms with Gasteiger partial charge in [0.05, 0.1) is 12.7 Å². The largest absolute Gasteiger partial charge is 0.376 e. The van der Waals surface area contributed by atoms with Crippen molar-refractivity contribution in [2.75, 3.05) is 26.2 Å². The highest BCUT2D eigenvalue weighted by molar-refractivity contribution is 4.92. The zero-order valence-electron chi connectivity index (χ0n) is 12.3. The molecule has 1 saturated carbocycles. The smallest absolute Gasteiger partial charge is 0.0674 e. The first-order valence-electron chi connectivity index (χ1n) is 7.83. The van der Waals surface area contributed by atoms with Crippen molar-refractivity contribution in [2.45, 2.75) is 64.6 Å². The lowest BCUT2D eigenvalue weighted by molar-refractivity contribution is -0.0491. The van der Waals surface area contributed by atoms with E-state index in [0.717, 1.165) is 38.2 Å². The predicted molar refractivity (Wildman–Crippen MR) is 75.9 cm³/mol. The summed E-state index contributed by atoms with van der Waals surface area (Å²) in [5.74, 6) is 0.933. The van der Waals surface area contributed by atoms with Gasteiger partial charge in [-0.05, 0) is 38.6 Å². The topological polar surface area (TPSA) is 24.5 Å². The molecule has 1 N–H and O–H groups in total. The minimum Gasteiger partial charge on any atom is -0.376 e. The summed E-state index contributed by atoms with van der Waals surface area (Å²) in [4.78, 5) is 2.68. The second kappa shape index (κ2) is 6.88. The van der Waals surface area contributed by atoms with Gasteiger partial charge in [-0.1, -0.05) is 20.3 Å². The Kier molecular flexibility index (Phi) is 5.46. The molecule has 3 nitrogen and oxygen atoms in total. The fourth-order valence-electron chi connectivity index (χ4n) is 3.65. The number of hydrogen-bond acceptors (Lipinski definition) is 3. The van der Waals surface area contributed by atoms with Crippen molar-refractivity contribution >= 4 is 0 Å². The molecule has 0 amide bonds. The summed E-state index contributed by atoms with van der Waals surface area (Å²) in [5, 5.41) is 3.71. The van der Waals surface area contributed by atoms with Crippen molar-refractivity contribution in [2.24, 2.45) is 5.92 Å². The maximum Gasteiger partial charge on any atom is 0.0674 e. The van der Waals surface area contributed by atoms with E-state index in [0.29, 0.717) is 12.1 Å². The molecule has 1 aliphatic carbocycles. The van der Waals surface area contributed by atoms with Gasteiger partial charge in [0.2, 0.25) is 0 Å². The van der Waals surface area contributed by atoms with E-state index in [2.05, 4.69) is 31.0 Å². The molecule has 3 heteroatoms. The molecule has 0 bridgehead atoms. The molecule has 2 rings (SSSR count). The van der Waals surface area contributed by atoms with Gasteiger partial charge in [0.15, 0.2) is 0 Å². The number of hydrogen-bond donors (Lipinski definition) is 1. The zero-order valence-corrected chi connectivity index (χ0v) is 12.3. The Hall–Kier alpha value is -0.120. The Morgan fingerprint density at radius 3 is 2.78 bits per heavy atom. The molecule has 2 fully saturated rings. The van der Waals surface area contributed by atoms with Crippen molar-refractivity contribution in [3.05, 3.63) is 0 Å². The van der Waals surface area contributed by atoms with Crippen LogP contribution in [0, 0.1) is 5.92 Å². The molecule has 0 aromatic carbocycles. The lowest BCUT2D eigenvalue weighted by Gasteiger charge is -2.45. The van der Waals surface area contributed by atoms with Gasteiger partial charge in [0.1, 0.15) is 0 Å². The Morgan fingerprint density at radius 2 is 2.11 bits per heavy atom. The lowest BCUT2D eigenvalue weighted by Crippen LogP contribution is -2.57. The molecule has 1 aliphatic heterocycles. The Labute approximate surface area is 112 Å². The molecule has 0 aromatic rings. The van der Waals surface area contributed by atoms with Gasteiger partial charge >= 0.3 is 0 Å². The van der Waals surface area contributed by atoms with Gasteiger partial charge in [-0.2, -0.15) is 0 Å². The van der Waals surface area contributed by atoms with E-state index < -0.39 is 0 Å². The van der Waals surface area contributed by atoms with Crippen LogP contribution in [-0.4, -0.2) is 49.3 Å². The molecule has 106 valence electrons. The van der Waals surface area contributed by atoms with Crippen molar-refractivity contribution in [1.82, 2.24) is 10.2 Å². The number of nitrogens with zero attached hydrogens (tertiary/aromatic N) is 1. The highest BCUT2D eigenvalue weighted by Crippen LogP contribution is 2.31. The first-order chi connectivity index (χ1) is 8.74. The average Bonchev–Trinajstić information content (AvgIpc) is 2.39. The molecule has 4 atom stereocenters. The minimum absolute atomic E-state index is 0.406. The van der Waals surface area contributed by atoms with Crippen LogP contribution < -0.4 is 5.32 Å². The highest BCUT2D eigenvalue weighted by atomic mass is 16.5. The number of ether oxygens (including phenoxy) is 1. The first-order valence-corrected chi connectivity index (χ1v) is 7.83. The first kappa shape index (κ1) is 14.3. The van der Waals surface area contributed by atoms with Gasteiger partial charge in [0.25, 0.3) is 0 Å². The van der Waals surface area contributed by atoms with E-state index in [4.69, 9.17) is 4.74 Å². The summed E-state index contributed by atoms with van der Waals surface area (Å²) in [6.07, 6.45) is 5.88. The van der Waals surface area contributed by atoms with Crippen molar-refractivity contribution in [3.8, 4) is 0 Å². The summed E-state index contributed by atoms with van der Waals surface area (Å²) in [5.41, 5.74) is 0. The van der Waals surface area contributed by atoms with Crippen molar-refractivity contribution in [3.63, 3.8) is 0 Å². The van der Waals surface area contributed by atoms with E-state index in [-0.39, 0.29) is 0 Å². The van der Waals surface area contributed by atoms with Crippen LogP contribution in [0.3, 0.4) is 0 Å². The van der Waals surface area contributed by atoms with Gasteiger partial charge in [-0.15, -0.1) is 0 Å². The summed E-state index contributed by atoms with van der Waals surface area (Å²) in [6.45, 7) is 11.0. The standard InChI is InChI=1S/C15H30N2O/c1-4-13-6-7-14(16-5-2)15(10-13)17-8-9-18-12(3)11-17/h12-16H,4-11H2,1-3H3.